The molecule has 1 unspecified atom stereocenters. The lowest BCUT2D eigenvalue weighted by molar-refractivity contribution is -0.121. The molecule has 0 aromatic heterocycles. The van der Waals surface area contributed by atoms with Crippen LogP contribution in [0.3, 0.4) is 0 Å². The van der Waals surface area contributed by atoms with Crippen LogP contribution in [0, 0.1) is 0 Å². The van der Waals surface area contributed by atoms with Gasteiger partial charge in [-0.05, 0) is 87.1 Å². The second kappa shape index (κ2) is 11.1. The van der Waals surface area contributed by atoms with Crippen LogP contribution >= 0.6 is 0 Å². The molecule has 1 aliphatic carbocycles. The highest BCUT2D eigenvalue weighted by molar-refractivity contribution is 5.99. The normalized spacial score (nSPS) is 18.2. The summed E-state index contributed by atoms with van der Waals surface area (Å²) in [5, 5.41) is 8.84. The van der Waals surface area contributed by atoms with E-state index in [9.17, 15) is 9.59 Å². The number of urea groups is 1. The van der Waals surface area contributed by atoms with Crippen molar-refractivity contribution in [2.45, 2.75) is 64.0 Å². The zero-order valence-electron chi connectivity index (χ0n) is 19.3. The molecule has 3 N–H and O–H groups in total. The Bertz CT molecular complexity index is 924. The SMILES string of the molecule is CCCC(=O)NC1CCN(c2ccc(NC(=O)Nc3ccc(OC4CCCC4)cc3)cc2)C1. The maximum absolute atomic E-state index is 12.4. The van der Waals surface area contributed by atoms with Crippen LogP contribution < -0.4 is 25.6 Å². The number of carbonyl (C=O) groups excluding carboxylic acids is 2. The van der Waals surface area contributed by atoms with E-state index in [2.05, 4.69) is 20.9 Å². The lowest BCUT2D eigenvalue weighted by Gasteiger charge is -2.19. The first-order chi connectivity index (χ1) is 16.1. The molecule has 1 aliphatic heterocycles. The molecule has 33 heavy (non-hydrogen) atoms. The molecular weight excluding hydrogens is 416 g/mol. The van der Waals surface area contributed by atoms with Gasteiger partial charge in [-0.25, -0.2) is 4.79 Å². The lowest BCUT2D eigenvalue weighted by Crippen LogP contribution is -2.36. The van der Waals surface area contributed by atoms with Gasteiger partial charge in [0.05, 0.1) is 6.10 Å². The van der Waals surface area contributed by atoms with Crippen molar-refractivity contribution < 1.29 is 14.3 Å². The number of nitrogens with one attached hydrogen (secondary N) is 3. The molecule has 2 aliphatic rings. The van der Waals surface area contributed by atoms with E-state index in [4.69, 9.17) is 4.74 Å². The summed E-state index contributed by atoms with van der Waals surface area (Å²) in [5.41, 5.74) is 2.53. The molecule has 4 rings (SSSR count). The molecule has 7 nitrogen and oxygen atoms in total. The molecule has 0 bridgehead atoms. The third-order valence-electron chi connectivity index (χ3n) is 6.24. The summed E-state index contributed by atoms with van der Waals surface area (Å²) in [6.45, 7) is 3.73. The fraction of sp³-hybridized carbons (Fsp3) is 0.462. The van der Waals surface area contributed by atoms with Gasteiger partial charge in [-0.3, -0.25) is 4.79 Å². The zero-order valence-corrected chi connectivity index (χ0v) is 19.3. The number of anilines is 3. The number of amides is 3. The van der Waals surface area contributed by atoms with Crippen LogP contribution in [0.4, 0.5) is 21.9 Å². The molecule has 7 heteroatoms. The first-order valence-electron chi connectivity index (χ1n) is 12.1. The van der Waals surface area contributed by atoms with Crippen LogP contribution in [0.1, 0.15) is 51.9 Å². The minimum absolute atomic E-state index is 0.130. The molecule has 2 aromatic carbocycles. The third kappa shape index (κ3) is 6.63. The topological polar surface area (TPSA) is 82.7 Å². The van der Waals surface area contributed by atoms with Gasteiger partial charge in [-0.15, -0.1) is 0 Å². The van der Waals surface area contributed by atoms with Gasteiger partial charge >= 0.3 is 6.03 Å². The average Bonchev–Trinajstić information content (AvgIpc) is 3.48. The fourth-order valence-corrected chi connectivity index (χ4v) is 4.50. The van der Waals surface area contributed by atoms with Gasteiger partial charge in [0.2, 0.25) is 5.91 Å². The summed E-state index contributed by atoms with van der Waals surface area (Å²) >= 11 is 0. The molecule has 3 amide bonds. The number of nitrogens with zero attached hydrogens (tertiary/aromatic N) is 1. The Morgan fingerprint density at radius 1 is 0.939 bits per heavy atom. The first kappa shape index (κ1) is 23.0. The Balaban J connectivity index is 1.23. The summed E-state index contributed by atoms with van der Waals surface area (Å²) in [7, 11) is 0. The van der Waals surface area contributed by atoms with Gasteiger partial charge in [-0.2, -0.15) is 0 Å². The molecule has 2 fully saturated rings. The first-order valence-corrected chi connectivity index (χ1v) is 12.1. The molecule has 1 saturated heterocycles. The van der Waals surface area contributed by atoms with E-state index >= 15 is 0 Å². The highest BCUT2D eigenvalue weighted by Gasteiger charge is 2.23. The smallest absolute Gasteiger partial charge is 0.323 e. The number of benzene rings is 2. The molecule has 0 radical (unpaired) electrons. The summed E-state index contributed by atoms with van der Waals surface area (Å²) in [5.74, 6) is 0.975. The lowest BCUT2D eigenvalue weighted by atomic mass is 10.2. The summed E-state index contributed by atoms with van der Waals surface area (Å²) < 4.78 is 5.97. The molecule has 1 saturated carbocycles. The van der Waals surface area contributed by atoms with Crippen molar-refractivity contribution in [3.63, 3.8) is 0 Å². The van der Waals surface area contributed by atoms with E-state index in [0.717, 1.165) is 61.6 Å². The maximum Gasteiger partial charge on any atom is 0.323 e. The van der Waals surface area contributed by atoms with Crippen molar-refractivity contribution in [2.75, 3.05) is 28.6 Å². The number of carbonyl (C=O) groups is 2. The Morgan fingerprint density at radius 2 is 1.58 bits per heavy atom. The van der Waals surface area contributed by atoms with Gasteiger partial charge in [-0.1, -0.05) is 6.92 Å². The van der Waals surface area contributed by atoms with Crippen LogP contribution in [0.5, 0.6) is 5.75 Å². The Morgan fingerprint density at radius 3 is 2.21 bits per heavy atom. The van der Waals surface area contributed by atoms with Crippen LogP contribution in [-0.2, 0) is 4.79 Å². The van der Waals surface area contributed by atoms with Crippen LogP contribution in [-0.4, -0.2) is 37.2 Å². The number of hydrogen-bond donors (Lipinski definition) is 3. The van der Waals surface area contributed by atoms with Crippen molar-refractivity contribution >= 4 is 29.0 Å². The van der Waals surface area contributed by atoms with Crippen LogP contribution in [0.25, 0.3) is 0 Å². The predicted octanol–water partition coefficient (Wildman–Crippen LogP) is 5.15. The van der Waals surface area contributed by atoms with E-state index in [1.807, 2.05) is 55.5 Å². The van der Waals surface area contributed by atoms with Crippen molar-refractivity contribution in [3.05, 3.63) is 48.5 Å². The standard InChI is InChI=1S/C26H34N4O3/c1-2-5-25(31)27-21-16-17-30(18-21)22-12-8-19(9-13-22)28-26(32)29-20-10-14-24(15-11-20)33-23-6-3-4-7-23/h8-15,21,23H,2-7,16-18H2,1H3,(H,27,31)(H2,28,29,32). The minimum atomic E-state index is -0.285. The molecule has 1 heterocycles. The third-order valence-corrected chi connectivity index (χ3v) is 6.24. The quantitative estimate of drug-likeness (QED) is 0.520. The van der Waals surface area contributed by atoms with Crippen LogP contribution in [0.15, 0.2) is 48.5 Å². The van der Waals surface area contributed by atoms with Gasteiger partial charge in [0.25, 0.3) is 0 Å². The van der Waals surface area contributed by atoms with E-state index in [0.29, 0.717) is 12.5 Å². The molecular formula is C26H34N4O3. The Hall–Kier alpha value is -3.22. The van der Waals surface area contributed by atoms with Crippen molar-refractivity contribution in [1.82, 2.24) is 5.32 Å². The molecule has 176 valence electrons. The van der Waals surface area contributed by atoms with Crippen molar-refractivity contribution in [2.24, 2.45) is 0 Å². The van der Waals surface area contributed by atoms with Crippen molar-refractivity contribution in [3.8, 4) is 5.75 Å². The van der Waals surface area contributed by atoms with Crippen molar-refractivity contribution in [1.29, 1.82) is 0 Å². The number of ether oxygens (including phenoxy) is 1. The van der Waals surface area contributed by atoms with Crippen LogP contribution in [0.2, 0.25) is 0 Å². The Labute approximate surface area is 195 Å². The van der Waals surface area contributed by atoms with Gasteiger partial charge in [0, 0.05) is 42.6 Å². The van der Waals surface area contributed by atoms with E-state index in [1.165, 1.54) is 12.8 Å². The molecule has 2 aromatic rings. The predicted molar refractivity (Wildman–Crippen MR) is 132 cm³/mol. The Kier molecular flexibility index (Phi) is 7.70. The van der Waals surface area contributed by atoms with Gasteiger partial charge in [0.15, 0.2) is 0 Å². The second-order valence-electron chi connectivity index (χ2n) is 8.92. The molecule has 0 spiro atoms. The fourth-order valence-electron chi connectivity index (χ4n) is 4.50. The van der Waals surface area contributed by atoms with E-state index in [1.54, 1.807) is 0 Å². The van der Waals surface area contributed by atoms with E-state index < -0.39 is 0 Å². The maximum atomic E-state index is 12.4. The number of rotatable bonds is 8. The summed E-state index contributed by atoms with van der Waals surface area (Å²) in [6.07, 6.45) is 7.43. The van der Waals surface area contributed by atoms with E-state index in [-0.39, 0.29) is 18.0 Å². The largest absolute Gasteiger partial charge is 0.490 e. The van der Waals surface area contributed by atoms with Gasteiger partial charge < -0.3 is 25.6 Å². The second-order valence-corrected chi connectivity index (χ2v) is 8.92. The highest BCUT2D eigenvalue weighted by atomic mass is 16.5. The number of hydrogen-bond acceptors (Lipinski definition) is 4. The average molecular weight is 451 g/mol. The highest BCUT2D eigenvalue weighted by Crippen LogP contribution is 2.25. The zero-order chi connectivity index (χ0) is 23.0. The summed E-state index contributed by atoms with van der Waals surface area (Å²) in [4.78, 5) is 26.5. The van der Waals surface area contributed by atoms with Gasteiger partial charge in [0.1, 0.15) is 5.75 Å². The minimum Gasteiger partial charge on any atom is -0.490 e. The monoisotopic (exact) mass is 450 g/mol. The summed E-state index contributed by atoms with van der Waals surface area (Å²) in [6, 6.07) is 15.2. The molecule has 1 atom stereocenters.